The first kappa shape index (κ1) is 15.5. The number of hydrogen-bond donors (Lipinski definition) is 2. The zero-order valence-corrected chi connectivity index (χ0v) is 13.3. The fraction of sp³-hybridized carbons (Fsp3) is 0.176. The second-order valence-corrected chi connectivity index (χ2v) is 5.69. The van der Waals surface area contributed by atoms with Crippen molar-refractivity contribution in [1.29, 1.82) is 0 Å². The summed E-state index contributed by atoms with van der Waals surface area (Å²) in [6.45, 7) is 0.512. The topological polar surface area (TPSA) is 72.4 Å². The number of carbonyl (C=O) groups excluding carboxylic acids is 1. The number of benzene rings is 1. The number of nitrogens with two attached hydrogens (primary N) is 1. The summed E-state index contributed by atoms with van der Waals surface area (Å²) in [4.78, 5) is 16.3. The molecule has 23 heavy (non-hydrogen) atoms. The van der Waals surface area contributed by atoms with Crippen molar-refractivity contribution in [1.82, 2.24) is 9.38 Å². The van der Waals surface area contributed by atoms with Gasteiger partial charge in [-0.15, -0.1) is 0 Å². The van der Waals surface area contributed by atoms with E-state index in [2.05, 4.69) is 10.3 Å². The number of rotatable bonds is 5. The maximum atomic E-state index is 11.8. The molecule has 6 heteroatoms. The van der Waals surface area contributed by atoms with Crippen LogP contribution in [0.4, 0.5) is 5.69 Å². The van der Waals surface area contributed by atoms with Gasteiger partial charge in [-0.1, -0.05) is 23.7 Å². The van der Waals surface area contributed by atoms with Gasteiger partial charge in [0, 0.05) is 29.4 Å². The molecule has 1 amide bonds. The largest absolute Gasteiger partial charge is 0.330 e. The van der Waals surface area contributed by atoms with E-state index >= 15 is 0 Å². The van der Waals surface area contributed by atoms with E-state index in [0.29, 0.717) is 24.4 Å². The van der Waals surface area contributed by atoms with Crippen LogP contribution >= 0.6 is 11.6 Å². The van der Waals surface area contributed by atoms with Gasteiger partial charge in [0.15, 0.2) is 0 Å². The van der Waals surface area contributed by atoms with Gasteiger partial charge in [-0.25, -0.2) is 4.98 Å². The number of nitrogens with zero attached hydrogens (tertiary/aromatic N) is 2. The average Bonchev–Trinajstić information content (AvgIpc) is 2.96. The SMILES string of the molecule is NCCCC(=O)Nc1ccc2nc(-c3ccc(Cl)cc3)cn2c1. The van der Waals surface area contributed by atoms with Crippen molar-refractivity contribution in [2.24, 2.45) is 5.73 Å². The molecule has 0 unspecified atom stereocenters. The Morgan fingerprint density at radius 3 is 2.70 bits per heavy atom. The zero-order valence-electron chi connectivity index (χ0n) is 12.5. The molecule has 5 nitrogen and oxygen atoms in total. The van der Waals surface area contributed by atoms with Crippen LogP contribution in [-0.2, 0) is 4.79 Å². The predicted octanol–water partition coefficient (Wildman–Crippen LogP) is 3.33. The summed E-state index contributed by atoms with van der Waals surface area (Å²) >= 11 is 5.91. The minimum atomic E-state index is -0.0344. The summed E-state index contributed by atoms with van der Waals surface area (Å²) in [6, 6.07) is 11.2. The van der Waals surface area contributed by atoms with Crippen LogP contribution in [0.3, 0.4) is 0 Å². The number of halogens is 1. The van der Waals surface area contributed by atoms with E-state index in [1.807, 2.05) is 53.2 Å². The number of imidazole rings is 1. The third-order valence-corrected chi connectivity index (χ3v) is 3.73. The summed E-state index contributed by atoms with van der Waals surface area (Å²) in [5.41, 5.74) is 8.81. The summed E-state index contributed by atoms with van der Waals surface area (Å²) in [5.74, 6) is -0.0344. The number of amides is 1. The number of anilines is 1. The van der Waals surface area contributed by atoms with Crippen molar-refractivity contribution in [3.05, 3.63) is 53.8 Å². The lowest BCUT2D eigenvalue weighted by Crippen LogP contribution is -2.13. The third kappa shape index (κ3) is 3.70. The molecular weight excluding hydrogens is 312 g/mol. The molecule has 0 fully saturated rings. The number of pyridine rings is 1. The fourth-order valence-corrected chi connectivity index (χ4v) is 2.44. The Balaban J connectivity index is 1.83. The molecule has 0 aliphatic heterocycles. The Morgan fingerprint density at radius 1 is 1.17 bits per heavy atom. The molecule has 118 valence electrons. The van der Waals surface area contributed by atoms with Gasteiger partial charge in [0.2, 0.25) is 5.91 Å². The summed E-state index contributed by atoms with van der Waals surface area (Å²) in [7, 11) is 0. The normalized spacial score (nSPS) is 10.9. The number of hydrogen-bond acceptors (Lipinski definition) is 3. The molecule has 3 rings (SSSR count). The smallest absolute Gasteiger partial charge is 0.224 e. The molecular formula is C17H17ClN4O. The van der Waals surface area contributed by atoms with Crippen LogP contribution in [0.2, 0.25) is 5.02 Å². The highest BCUT2D eigenvalue weighted by Gasteiger charge is 2.06. The summed E-state index contributed by atoms with van der Waals surface area (Å²) in [5, 5.41) is 3.56. The van der Waals surface area contributed by atoms with Crippen LogP contribution in [0, 0.1) is 0 Å². The standard InChI is InChI=1S/C17H17ClN4O/c18-13-5-3-12(4-6-13)15-11-22-10-14(7-8-16(22)21-15)20-17(23)2-1-9-19/h3-8,10-11H,1-2,9,19H2,(H,20,23). The minimum absolute atomic E-state index is 0.0344. The lowest BCUT2D eigenvalue weighted by molar-refractivity contribution is -0.116. The lowest BCUT2D eigenvalue weighted by Gasteiger charge is -2.05. The number of fused-ring (bicyclic) bond motifs is 1. The predicted molar refractivity (Wildman–Crippen MR) is 92.6 cm³/mol. The molecule has 3 aromatic rings. The highest BCUT2D eigenvalue weighted by atomic mass is 35.5. The minimum Gasteiger partial charge on any atom is -0.330 e. The van der Waals surface area contributed by atoms with Gasteiger partial charge in [-0.3, -0.25) is 4.79 Å². The van der Waals surface area contributed by atoms with Gasteiger partial charge in [-0.05, 0) is 37.2 Å². The maximum absolute atomic E-state index is 11.8. The fourth-order valence-electron chi connectivity index (χ4n) is 2.31. The number of aromatic nitrogens is 2. The van der Waals surface area contributed by atoms with E-state index in [-0.39, 0.29) is 5.91 Å². The second-order valence-electron chi connectivity index (χ2n) is 5.26. The average molecular weight is 329 g/mol. The second kappa shape index (κ2) is 6.81. The Bertz CT molecular complexity index is 826. The molecule has 0 saturated carbocycles. The van der Waals surface area contributed by atoms with Crippen molar-refractivity contribution in [3.8, 4) is 11.3 Å². The van der Waals surface area contributed by atoms with Crippen LogP contribution in [0.5, 0.6) is 0 Å². The monoisotopic (exact) mass is 328 g/mol. The van der Waals surface area contributed by atoms with Crippen molar-refractivity contribution in [2.75, 3.05) is 11.9 Å². The first-order valence-corrected chi connectivity index (χ1v) is 7.78. The van der Waals surface area contributed by atoms with Gasteiger partial charge in [-0.2, -0.15) is 0 Å². The molecule has 0 saturated heterocycles. The Kier molecular flexibility index (Phi) is 4.60. The Morgan fingerprint density at radius 2 is 1.96 bits per heavy atom. The quantitative estimate of drug-likeness (QED) is 0.754. The van der Waals surface area contributed by atoms with Gasteiger partial charge < -0.3 is 15.5 Å². The van der Waals surface area contributed by atoms with Crippen LogP contribution < -0.4 is 11.1 Å². The first-order valence-electron chi connectivity index (χ1n) is 7.40. The first-order chi connectivity index (χ1) is 11.2. The molecule has 0 bridgehead atoms. The third-order valence-electron chi connectivity index (χ3n) is 3.48. The van der Waals surface area contributed by atoms with Crippen LogP contribution in [0.1, 0.15) is 12.8 Å². The Hall–Kier alpha value is -2.37. The molecule has 2 aromatic heterocycles. The molecule has 0 radical (unpaired) electrons. The van der Waals surface area contributed by atoms with Crippen LogP contribution in [0.15, 0.2) is 48.8 Å². The summed E-state index contributed by atoms with van der Waals surface area (Å²) in [6.07, 6.45) is 4.88. The number of nitrogens with one attached hydrogen (secondary N) is 1. The molecule has 2 heterocycles. The molecule has 0 atom stereocenters. The van der Waals surface area contributed by atoms with E-state index in [1.54, 1.807) is 0 Å². The van der Waals surface area contributed by atoms with E-state index in [1.165, 1.54) is 0 Å². The van der Waals surface area contributed by atoms with Gasteiger partial charge in [0.25, 0.3) is 0 Å². The molecule has 3 N–H and O–H groups in total. The van der Waals surface area contributed by atoms with Crippen LogP contribution in [0.25, 0.3) is 16.9 Å². The highest BCUT2D eigenvalue weighted by Crippen LogP contribution is 2.22. The van der Waals surface area contributed by atoms with E-state index in [9.17, 15) is 4.79 Å². The maximum Gasteiger partial charge on any atom is 0.224 e. The van der Waals surface area contributed by atoms with Crippen molar-refractivity contribution in [2.45, 2.75) is 12.8 Å². The zero-order chi connectivity index (χ0) is 16.2. The van der Waals surface area contributed by atoms with Crippen LogP contribution in [-0.4, -0.2) is 21.8 Å². The highest BCUT2D eigenvalue weighted by molar-refractivity contribution is 6.30. The molecule has 0 spiro atoms. The summed E-state index contributed by atoms with van der Waals surface area (Å²) < 4.78 is 1.89. The molecule has 1 aromatic carbocycles. The number of carbonyl (C=O) groups is 1. The Labute approximate surface area is 139 Å². The molecule has 0 aliphatic rings. The van der Waals surface area contributed by atoms with E-state index < -0.39 is 0 Å². The van der Waals surface area contributed by atoms with Gasteiger partial charge in [0.05, 0.1) is 11.4 Å². The van der Waals surface area contributed by atoms with Crippen molar-refractivity contribution < 1.29 is 4.79 Å². The van der Waals surface area contributed by atoms with E-state index in [0.717, 1.165) is 22.6 Å². The van der Waals surface area contributed by atoms with Gasteiger partial charge >= 0.3 is 0 Å². The van der Waals surface area contributed by atoms with Crippen molar-refractivity contribution in [3.63, 3.8) is 0 Å². The lowest BCUT2D eigenvalue weighted by atomic mass is 10.2. The molecule has 0 aliphatic carbocycles. The van der Waals surface area contributed by atoms with Crippen molar-refractivity contribution >= 4 is 28.8 Å². The van der Waals surface area contributed by atoms with Gasteiger partial charge in [0.1, 0.15) is 5.65 Å². The van der Waals surface area contributed by atoms with E-state index in [4.69, 9.17) is 17.3 Å².